The third kappa shape index (κ3) is 5.08. The Kier molecular flexibility index (Phi) is 5.66. The summed E-state index contributed by atoms with van der Waals surface area (Å²) in [5.41, 5.74) is 4.45. The average Bonchev–Trinajstić information content (AvgIpc) is 2.75. The van der Waals surface area contributed by atoms with Gasteiger partial charge in [-0.2, -0.15) is 0 Å². The Labute approximate surface area is 179 Å². The van der Waals surface area contributed by atoms with Gasteiger partial charge in [-0.05, 0) is 61.9 Å². The lowest BCUT2D eigenvalue weighted by Gasteiger charge is -2.10. The Morgan fingerprint density at radius 2 is 1.52 bits per heavy atom. The van der Waals surface area contributed by atoms with Crippen LogP contribution in [0.5, 0.6) is 5.75 Å². The minimum Gasteiger partial charge on any atom is -0.487 e. The number of nitrogens with zero attached hydrogens (tertiary/aromatic N) is 2. The van der Waals surface area contributed by atoms with E-state index in [1.165, 1.54) is 10.5 Å². The molecule has 0 spiro atoms. The maximum absolute atomic E-state index is 12.3. The molecule has 2 aromatic carbocycles. The van der Waals surface area contributed by atoms with Gasteiger partial charge < -0.3 is 15.4 Å². The lowest BCUT2D eigenvalue weighted by molar-refractivity contribution is 0.262. The van der Waals surface area contributed by atoms with Gasteiger partial charge in [0.1, 0.15) is 18.0 Å². The van der Waals surface area contributed by atoms with E-state index in [4.69, 9.17) is 4.74 Å². The van der Waals surface area contributed by atoms with Crippen LogP contribution >= 0.6 is 0 Å². The van der Waals surface area contributed by atoms with Crippen LogP contribution in [0.25, 0.3) is 5.65 Å². The van der Waals surface area contributed by atoms with E-state index in [1.807, 2.05) is 50.2 Å². The number of aryl methyl sites for hydroxylation is 2. The summed E-state index contributed by atoms with van der Waals surface area (Å²) < 4.78 is 7.26. The minimum absolute atomic E-state index is 0.147. The van der Waals surface area contributed by atoms with Crippen LogP contribution in [0.1, 0.15) is 16.8 Å². The van der Waals surface area contributed by atoms with Crippen molar-refractivity contribution >= 4 is 23.1 Å². The molecule has 2 heterocycles. The molecule has 2 N–H and O–H groups in total. The van der Waals surface area contributed by atoms with Gasteiger partial charge in [0.2, 0.25) is 0 Å². The fraction of sp³-hybridized carbons (Fsp3) is 0.125. The Morgan fingerprint density at radius 1 is 0.903 bits per heavy atom. The second-order valence-electron chi connectivity index (χ2n) is 7.28. The monoisotopic (exact) mass is 414 g/mol. The standard InChI is InChI=1S/C24H22N4O3/c1-16-3-6-18(7-4-16)26-24(30)27-19-8-10-21(11-9-19)31-15-20-13-23(29)28-14-17(2)5-12-22(28)25-20/h3-14H,15H2,1-2H3,(H2,26,27,30). The number of rotatable bonds is 5. The minimum atomic E-state index is -0.325. The van der Waals surface area contributed by atoms with Gasteiger partial charge in [0.05, 0.1) is 5.69 Å². The van der Waals surface area contributed by atoms with Gasteiger partial charge in [-0.25, -0.2) is 9.78 Å². The molecule has 2 aromatic heterocycles. The second-order valence-corrected chi connectivity index (χ2v) is 7.28. The van der Waals surface area contributed by atoms with Gasteiger partial charge in [0.25, 0.3) is 5.56 Å². The Hall–Kier alpha value is -4.13. The molecule has 0 fully saturated rings. The molecule has 0 aliphatic carbocycles. The number of hydrogen-bond donors (Lipinski definition) is 2. The van der Waals surface area contributed by atoms with E-state index in [0.29, 0.717) is 22.8 Å². The van der Waals surface area contributed by atoms with Gasteiger partial charge >= 0.3 is 6.03 Å². The number of aromatic nitrogens is 2. The molecule has 7 heteroatoms. The Bertz CT molecular complexity index is 1280. The van der Waals surface area contributed by atoms with Crippen LogP contribution in [-0.4, -0.2) is 15.4 Å². The van der Waals surface area contributed by atoms with Gasteiger partial charge in [-0.1, -0.05) is 23.8 Å². The first-order chi connectivity index (χ1) is 15.0. The fourth-order valence-corrected chi connectivity index (χ4v) is 3.05. The molecule has 0 aliphatic heterocycles. The summed E-state index contributed by atoms with van der Waals surface area (Å²) in [6.07, 6.45) is 1.76. The highest BCUT2D eigenvalue weighted by atomic mass is 16.5. The first kappa shape index (κ1) is 20.2. The molecule has 0 saturated carbocycles. The molecular weight excluding hydrogens is 392 g/mol. The highest BCUT2D eigenvalue weighted by molar-refractivity contribution is 5.99. The molecule has 4 aromatic rings. The maximum Gasteiger partial charge on any atom is 0.323 e. The van der Waals surface area contributed by atoms with Crippen LogP contribution in [0, 0.1) is 13.8 Å². The molecule has 2 amide bonds. The normalized spacial score (nSPS) is 10.6. The first-order valence-corrected chi connectivity index (χ1v) is 9.83. The molecule has 156 valence electrons. The number of fused-ring (bicyclic) bond motifs is 1. The SMILES string of the molecule is Cc1ccc(NC(=O)Nc2ccc(OCc3cc(=O)n4cc(C)ccc4n3)cc2)cc1. The van der Waals surface area contributed by atoms with Crippen molar-refractivity contribution in [3.05, 3.63) is 100 Å². The van der Waals surface area contributed by atoms with Crippen molar-refractivity contribution in [2.24, 2.45) is 0 Å². The number of benzene rings is 2. The van der Waals surface area contributed by atoms with Crippen LogP contribution < -0.4 is 20.9 Å². The van der Waals surface area contributed by atoms with Gasteiger partial charge in [-0.15, -0.1) is 0 Å². The predicted octanol–water partition coefficient (Wildman–Crippen LogP) is 4.53. The smallest absolute Gasteiger partial charge is 0.323 e. The fourth-order valence-electron chi connectivity index (χ4n) is 3.05. The van der Waals surface area contributed by atoms with Crippen molar-refractivity contribution < 1.29 is 9.53 Å². The zero-order valence-corrected chi connectivity index (χ0v) is 17.3. The second kappa shape index (κ2) is 8.71. The molecule has 0 atom stereocenters. The largest absolute Gasteiger partial charge is 0.487 e. The van der Waals surface area contributed by atoms with Crippen molar-refractivity contribution in [3.63, 3.8) is 0 Å². The van der Waals surface area contributed by atoms with Crippen LogP contribution in [0.3, 0.4) is 0 Å². The maximum atomic E-state index is 12.3. The van der Waals surface area contributed by atoms with E-state index in [0.717, 1.165) is 16.8 Å². The van der Waals surface area contributed by atoms with E-state index < -0.39 is 0 Å². The van der Waals surface area contributed by atoms with Crippen LogP contribution in [0.15, 0.2) is 77.7 Å². The number of ether oxygens (including phenoxy) is 1. The summed E-state index contributed by atoms with van der Waals surface area (Å²) in [6.45, 7) is 4.08. The zero-order valence-electron chi connectivity index (χ0n) is 17.3. The number of amides is 2. The highest BCUT2D eigenvalue weighted by Crippen LogP contribution is 2.17. The van der Waals surface area contributed by atoms with Crippen LogP contribution in [0.2, 0.25) is 0 Å². The molecule has 4 rings (SSSR count). The number of nitrogens with one attached hydrogen (secondary N) is 2. The number of pyridine rings is 1. The van der Waals surface area contributed by atoms with E-state index in [-0.39, 0.29) is 18.2 Å². The van der Waals surface area contributed by atoms with E-state index in [1.54, 1.807) is 30.5 Å². The van der Waals surface area contributed by atoms with E-state index in [2.05, 4.69) is 15.6 Å². The van der Waals surface area contributed by atoms with Crippen molar-refractivity contribution in [1.82, 2.24) is 9.38 Å². The molecule has 0 saturated heterocycles. The lowest BCUT2D eigenvalue weighted by atomic mass is 10.2. The zero-order chi connectivity index (χ0) is 21.8. The third-order valence-corrected chi connectivity index (χ3v) is 4.67. The third-order valence-electron chi connectivity index (χ3n) is 4.67. The molecule has 0 aliphatic rings. The highest BCUT2D eigenvalue weighted by Gasteiger charge is 2.06. The predicted molar refractivity (Wildman–Crippen MR) is 121 cm³/mol. The molecule has 0 unspecified atom stereocenters. The molecule has 7 nitrogen and oxygen atoms in total. The van der Waals surface area contributed by atoms with Gasteiger partial charge in [0.15, 0.2) is 0 Å². The number of anilines is 2. The number of urea groups is 1. The lowest BCUT2D eigenvalue weighted by Crippen LogP contribution is -2.19. The van der Waals surface area contributed by atoms with E-state index >= 15 is 0 Å². The van der Waals surface area contributed by atoms with Crippen LogP contribution in [-0.2, 0) is 6.61 Å². The van der Waals surface area contributed by atoms with Crippen molar-refractivity contribution in [2.75, 3.05) is 10.6 Å². The van der Waals surface area contributed by atoms with E-state index in [9.17, 15) is 9.59 Å². The van der Waals surface area contributed by atoms with Crippen molar-refractivity contribution in [1.29, 1.82) is 0 Å². The topological polar surface area (TPSA) is 84.7 Å². The molecule has 31 heavy (non-hydrogen) atoms. The Morgan fingerprint density at radius 3 is 2.19 bits per heavy atom. The number of hydrogen-bond acceptors (Lipinski definition) is 4. The summed E-state index contributed by atoms with van der Waals surface area (Å²) in [5, 5.41) is 5.56. The summed E-state index contributed by atoms with van der Waals surface area (Å²) in [7, 11) is 0. The van der Waals surface area contributed by atoms with Crippen molar-refractivity contribution in [2.45, 2.75) is 20.5 Å². The van der Waals surface area contributed by atoms with Crippen LogP contribution in [0.4, 0.5) is 16.2 Å². The molecule has 0 radical (unpaired) electrons. The molecular formula is C24H22N4O3. The summed E-state index contributed by atoms with van der Waals surface area (Å²) in [4.78, 5) is 28.9. The Balaban J connectivity index is 1.36. The summed E-state index contributed by atoms with van der Waals surface area (Å²) >= 11 is 0. The van der Waals surface area contributed by atoms with Crippen molar-refractivity contribution in [3.8, 4) is 5.75 Å². The number of carbonyl (C=O) groups is 1. The quantitative estimate of drug-likeness (QED) is 0.502. The first-order valence-electron chi connectivity index (χ1n) is 9.83. The summed E-state index contributed by atoms with van der Waals surface area (Å²) in [5.74, 6) is 0.607. The number of carbonyl (C=O) groups excluding carboxylic acids is 1. The van der Waals surface area contributed by atoms with Gasteiger partial charge in [0, 0.05) is 23.6 Å². The summed E-state index contributed by atoms with van der Waals surface area (Å²) in [6, 6.07) is 19.4. The molecule has 0 bridgehead atoms. The van der Waals surface area contributed by atoms with Gasteiger partial charge in [-0.3, -0.25) is 9.20 Å². The average molecular weight is 414 g/mol.